The van der Waals surface area contributed by atoms with E-state index in [1.807, 2.05) is 0 Å². The van der Waals surface area contributed by atoms with E-state index >= 15 is 0 Å². The molecular formula is C4H16KNO9P2. The standard InChI is InChI=1S/C4H13NO7P2.K.2H2O/c5-3-1-2-4(6,13(7,8)9)14(10,11)12;;;/h6H,1-3,5H2,(H2,7,8,9)(H2,10,11,12);;2*1H2/q;+1;;/p-1. The van der Waals surface area contributed by atoms with Crippen molar-refractivity contribution in [1.82, 2.24) is 0 Å². The molecule has 0 aromatic carbocycles. The van der Waals surface area contributed by atoms with Crippen molar-refractivity contribution in [2.75, 3.05) is 6.54 Å². The number of hydrogen-bond acceptors (Lipinski definition) is 5. The van der Waals surface area contributed by atoms with E-state index in [1.54, 1.807) is 0 Å². The van der Waals surface area contributed by atoms with Gasteiger partial charge in [-0.15, -0.1) is 0 Å². The molecule has 0 heterocycles. The van der Waals surface area contributed by atoms with E-state index in [1.165, 1.54) is 0 Å². The molecule has 0 aliphatic rings. The van der Waals surface area contributed by atoms with Crippen LogP contribution in [0.15, 0.2) is 0 Å². The van der Waals surface area contributed by atoms with Crippen LogP contribution in [0.2, 0.25) is 0 Å². The molecule has 0 aliphatic heterocycles. The molecule has 0 amide bonds. The third-order valence-electron chi connectivity index (χ3n) is 1.64. The van der Waals surface area contributed by atoms with Gasteiger partial charge in [-0.1, -0.05) is 0 Å². The van der Waals surface area contributed by atoms with Crippen LogP contribution in [-0.2, 0) is 9.13 Å². The third kappa shape index (κ3) is 7.21. The fourth-order valence-corrected chi connectivity index (χ4v) is 3.00. The van der Waals surface area contributed by atoms with Crippen LogP contribution in [0.1, 0.15) is 12.8 Å². The Hall–Kier alpha value is 1.78. The van der Waals surface area contributed by atoms with Gasteiger partial charge in [-0.05, 0) is 19.4 Å². The number of nitrogens with two attached hydrogens (primary N) is 1. The molecular weight excluding hydrogens is 307 g/mol. The summed E-state index contributed by atoms with van der Waals surface area (Å²) in [5, 5.41) is 5.74. The van der Waals surface area contributed by atoms with Crippen molar-refractivity contribution in [3.8, 4) is 0 Å². The normalized spacial score (nSPS) is 17.5. The Balaban J connectivity index is -0.000000282. The molecule has 0 aliphatic carbocycles. The topological polar surface area (TPSA) is 227 Å². The minimum Gasteiger partial charge on any atom is -0.776 e. The summed E-state index contributed by atoms with van der Waals surface area (Å²) >= 11 is 0. The van der Waals surface area contributed by atoms with E-state index in [0.29, 0.717) is 0 Å². The largest absolute Gasteiger partial charge is 1.00 e. The summed E-state index contributed by atoms with van der Waals surface area (Å²) in [6.45, 7) is -0.0672. The Bertz CT molecular complexity index is 265. The van der Waals surface area contributed by atoms with Gasteiger partial charge < -0.3 is 45.9 Å². The summed E-state index contributed by atoms with van der Waals surface area (Å²) in [7, 11) is -10.9. The van der Waals surface area contributed by atoms with Gasteiger partial charge >= 0.3 is 59.0 Å². The zero-order valence-electron chi connectivity index (χ0n) is 9.11. The molecule has 0 aromatic rings. The number of rotatable bonds is 5. The number of aliphatic hydroxyl groups is 1. The third-order valence-corrected chi connectivity index (χ3v) is 5.46. The fraction of sp³-hybridized carbons (Fsp3) is 1.00. The maximum absolute atomic E-state index is 10.7. The molecule has 10 nitrogen and oxygen atoms in total. The van der Waals surface area contributed by atoms with Gasteiger partial charge in [0.1, 0.15) is 0 Å². The monoisotopic (exact) mass is 323 g/mol. The molecule has 0 rings (SSSR count). The minimum absolute atomic E-state index is 0. The van der Waals surface area contributed by atoms with Crippen LogP contribution < -0.4 is 62.0 Å². The summed E-state index contributed by atoms with van der Waals surface area (Å²) in [5.41, 5.74) is 4.98. The Kier molecular flexibility index (Phi) is 15.4. The van der Waals surface area contributed by atoms with Gasteiger partial charge in [0.05, 0.1) is 0 Å². The van der Waals surface area contributed by atoms with Gasteiger partial charge in [0.15, 0.2) is 7.60 Å². The van der Waals surface area contributed by atoms with Crippen LogP contribution in [0.3, 0.4) is 0 Å². The van der Waals surface area contributed by atoms with Crippen molar-refractivity contribution in [3.63, 3.8) is 0 Å². The fourth-order valence-electron chi connectivity index (χ4n) is 0.791. The molecule has 0 fully saturated rings. The zero-order valence-corrected chi connectivity index (χ0v) is 14.0. The van der Waals surface area contributed by atoms with E-state index < -0.39 is 26.7 Å². The van der Waals surface area contributed by atoms with Gasteiger partial charge in [0, 0.05) is 0 Å². The second kappa shape index (κ2) is 9.64. The minimum atomic E-state index is -5.55. The van der Waals surface area contributed by atoms with Gasteiger partial charge in [-0.3, -0.25) is 4.57 Å². The first-order valence-corrected chi connectivity index (χ1v) is 6.77. The van der Waals surface area contributed by atoms with Crippen molar-refractivity contribution in [2.45, 2.75) is 17.9 Å². The van der Waals surface area contributed by atoms with E-state index in [2.05, 4.69) is 0 Å². The molecule has 17 heavy (non-hydrogen) atoms. The van der Waals surface area contributed by atoms with Crippen molar-refractivity contribution >= 4 is 15.2 Å². The average molecular weight is 323 g/mol. The quantitative estimate of drug-likeness (QED) is 0.240. The van der Waals surface area contributed by atoms with E-state index in [-0.39, 0.29) is 75.3 Å². The molecule has 102 valence electrons. The summed E-state index contributed by atoms with van der Waals surface area (Å²) in [5.74, 6) is 0. The number of hydrogen-bond donors (Lipinski definition) is 5. The Morgan fingerprint density at radius 1 is 1.18 bits per heavy atom. The van der Waals surface area contributed by atoms with Crippen LogP contribution in [0.25, 0.3) is 0 Å². The van der Waals surface area contributed by atoms with Gasteiger partial charge in [-0.25, -0.2) is 0 Å². The SMILES string of the molecule is NCCCC(O)(P(=O)([O-])O)P(=O)(O)O.O.O.[K+]. The van der Waals surface area contributed by atoms with Crippen molar-refractivity contribution < 1.29 is 96.1 Å². The summed E-state index contributed by atoms with van der Waals surface area (Å²) < 4.78 is 21.3. The predicted octanol–water partition coefficient (Wildman–Crippen LogP) is -6.55. The first kappa shape index (κ1) is 27.2. The molecule has 2 unspecified atom stereocenters. The summed E-state index contributed by atoms with van der Waals surface area (Å²) in [6.07, 6.45) is -0.959. The first-order valence-electron chi connectivity index (χ1n) is 3.58. The van der Waals surface area contributed by atoms with Crippen LogP contribution in [-0.4, -0.2) is 42.4 Å². The van der Waals surface area contributed by atoms with E-state index in [4.69, 9.17) is 20.4 Å². The predicted molar refractivity (Wildman–Crippen MR) is 52.3 cm³/mol. The van der Waals surface area contributed by atoms with Crippen molar-refractivity contribution in [3.05, 3.63) is 0 Å². The smallest absolute Gasteiger partial charge is 0.776 e. The zero-order chi connectivity index (χ0) is 11.6. The maximum Gasteiger partial charge on any atom is 1.00 e. The van der Waals surface area contributed by atoms with Gasteiger partial charge in [0.2, 0.25) is 5.08 Å². The molecule has 0 radical (unpaired) electrons. The van der Waals surface area contributed by atoms with E-state index in [9.17, 15) is 19.1 Å². The van der Waals surface area contributed by atoms with Crippen LogP contribution in [0, 0.1) is 0 Å². The molecule has 0 saturated heterocycles. The van der Waals surface area contributed by atoms with Crippen molar-refractivity contribution in [1.29, 1.82) is 0 Å². The molecule has 0 spiro atoms. The van der Waals surface area contributed by atoms with Crippen LogP contribution in [0.5, 0.6) is 0 Å². The second-order valence-corrected chi connectivity index (χ2v) is 6.69. The van der Waals surface area contributed by atoms with Crippen molar-refractivity contribution in [2.24, 2.45) is 5.73 Å². The van der Waals surface area contributed by atoms with Crippen LogP contribution >= 0.6 is 15.2 Å². The molecule has 0 aromatic heterocycles. The maximum atomic E-state index is 10.7. The second-order valence-electron chi connectivity index (χ2n) is 2.73. The summed E-state index contributed by atoms with van der Waals surface area (Å²) in [4.78, 5) is 36.3. The van der Waals surface area contributed by atoms with Gasteiger partial charge in [0.25, 0.3) is 0 Å². The first-order chi connectivity index (χ1) is 6.06. The molecule has 10 N–H and O–H groups in total. The van der Waals surface area contributed by atoms with Gasteiger partial charge in [-0.2, -0.15) is 0 Å². The molecule has 0 bridgehead atoms. The molecule has 0 saturated carbocycles. The average Bonchev–Trinajstić information content (AvgIpc) is 1.95. The van der Waals surface area contributed by atoms with E-state index in [0.717, 1.165) is 0 Å². The Morgan fingerprint density at radius 3 is 1.71 bits per heavy atom. The Morgan fingerprint density at radius 2 is 1.53 bits per heavy atom. The Labute approximate surface area is 140 Å². The summed E-state index contributed by atoms with van der Waals surface area (Å²) in [6, 6.07) is 0. The molecule has 2 atom stereocenters. The molecule has 13 heteroatoms. The van der Waals surface area contributed by atoms with Crippen LogP contribution in [0.4, 0.5) is 0 Å².